The molecule has 0 aromatic rings. The van der Waals surface area contributed by atoms with E-state index in [-0.39, 0.29) is 28.6 Å². The number of fused-ring (bicyclic) bond motifs is 3. The molecule has 23 heavy (non-hydrogen) atoms. The largest absolute Gasteiger partial charge is 0.394 e. The molecule has 2 N–H and O–H groups in total. The Kier molecular flexibility index (Phi) is 4.04. The molecule has 3 heteroatoms. The van der Waals surface area contributed by atoms with Gasteiger partial charge in [0.1, 0.15) is 0 Å². The van der Waals surface area contributed by atoms with Crippen LogP contribution in [-0.2, 0) is 4.79 Å². The lowest BCUT2D eigenvalue weighted by Gasteiger charge is -2.62. The topological polar surface area (TPSA) is 57.5 Å². The third-order valence-electron chi connectivity index (χ3n) is 8.12. The van der Waals surface area contributed by atoms with Gasteiger partial charge in [-0.25, -0.2) is 0 Å². The van der Waals surface area contributed by atoms with Gasteiger partial charge in [-0.1, -0.05) is 26.3 Å². The van der Waals surface area contributed by atoms with E-state index in [9.17, 15) is 15.0 Å². The van der Waals surface area contributed by atoms with Crippen LogP contribution in [-0.4, -0.2) is 28.7 Å². The second-order valence-corrected chi connectivity index (χ2v) is 9.27. The number of aliphatic hydroxyl groups excluding tert-OH is 2. The molecule has 0 aromatic heterocycles. The smallest absolute Gasteiger partial charge is 0.155 e. The Bertz CT molecular complexity index is 539. The standard InChI is InChI=1S/C20H32O3/c1-13-9-15(22)10-16-19(13,3)6-5-14-11-18(2,17(23)12-21)7-8-20(14,16)4/h9,14,16-17,21,23H,5-8,10-12H2,1-4H3. The van der Waals surface area contributed by atoms with Gasteiger partial charge >= 0.3 is 0 Å². The Morgan fingerprint density at radius 1 is 1.26 bits per heavy atom. The van der Waals surface area contributed by atoms with E-state index in [0.29, 0.717) is 18.3 Å². The lowest BCUT2D eigenvalue weighted by molar-refractivity contribution is -0.142. The summed E-state index contributed by atoms with van der Waals surface area (Å²) in [6.07, 6.45) is 7.18. The number of hydrogen-bond donors (Lipinski definition) is 2. The Labute approximate surface area is 140 Å². The minimum Gasteiger partial charge on any atom is -0.394 e. The van der Waals surface area contributed by atoms with Gasteiger partial charge in [0.25, 0.3) is 0 Å². The molecule has 0 radical (unpaired) electrons. The second-order valence-electron chi connectivity index (χ2n) is 9.27. The molecule has 2 fully saturated rings. The number of rotatable bonds is 2. The van der Waals surface area contributed by atoms with Crippen molar-refractivity contribution in [3.8, 4) is 0 Å². The monoisotopic (exact) mass is 320 g/mol. The van der Waals surface area contributed by atoms with Crippen LogP contribution in [0.4, 0.5) is 0 Å². The second kappa shape index (κ2) is 5.42. The van der Waals surface area contributed by atoms with Gasteiger partial charge in [0.2, 0.25) is 0 Å². The van der Waals surface area contributed by atoms with Gasteiger partial charge < -0.3 is 10.2 Å². The van der Waals surface area contributed by atoms with Crippen LogP contribution >= 0.6 is 0 Å². The first-order chi connectivity index (χ1) is 10.7. The molecule has 0 aromatic carbocycles. The highest BCUT2D eigenvalue weighted by Crippen LogP contribution is 2.66. The highest BCUT2D eigenvalue weighted by atomic mass is 16.3. The van der Waals surface area contributed by atoms with Crippen molar-refractivity contribution in [2.45, 2.75) is 72.3 Å². The average Bonchev–Trinajstić information content (AvgIpc) is 2.50. The predicted molar refractivity (Wildman–Crippen MR) is 90.9 cm³/mol. The first kappa shape index (κ1) is 17.2. The third-order valence-corrected chi connectivity index (χ3v) is 8.12. The number of hydrogen-bond acceptors (Lipinski definition) is 3. The molecule has 6 unspecified atom stereocenters. The molecule has 3 nitrogen and oxygen atoms in total. The average molecular weight is 320 g/mol. The van der Waals surface area contributed by atoms with Crippen LogP contribution in [0.15, 0.2) is 11.6 Å². The Morgan fingerprint density at radius 3 is 2.61 bits per heavy atom. The summed E-state index contributed by atoms with van der Waals surface area (Å²) in [4.78, 5) is 12.2. The van der Waals surface area contributed by atoms with Crippen molar-refractivity contribution in [1.82, 2.24) is 0 Å². The van der Waals surface area contributed by atoms with Crippen molar-refractivity contribution < 1.29 is 15.0 Å². The van der Waals surface area contributed by atoms with Gasteiger partial charge in [-0.3, -0.25) is 4.79 Å². The van der Waals surface area contributed by atoms with Gasteiger partial charge in [-0.2, -0.15) is 0 Å². The van der Waals surface area contributed by atoms with E-state index in [1.807, 2.05) is 6.08 Å². The van der Waals surface area contributed by atoms with Crippen molar-refractivity contribution in [1.29, 1.82) is 0 Å². The van der Waals surface area contributed by atoms with Crippen LogP contribution in [0.5, 0.6) is 0 Å². The van der Waals surface area contributed by atoms with Crippen molar-refractivity contribution in [3.05, 3.63) is 11.6 Å². The number of carbonyl (C=O) groups is 1. The molecule has 0 spiro atoms. The van der Waals surface area contributed by atoms with Gasteiger partial charge in [-0.15, -0.1) is 0 Å². The molecule has 130 valence electrons. The zero-order chi connectivity index (χ0) is 17.0. The summed E-state index contributed by atoms with van der Waals surface area (Å²) in [6.45, 7) is 8.85. The van der Waals surface area contributed by atoms with E-state index in [4.69, 9.17) is 0 Å². The van der Waals surface area contributed by atoms with E-state index in [0.717, 1.165) is 32.1 Å². The van der Waals surface area contributed by atoms with E-state index in [1.165, 1.54) is 5.57 Å². The molecule has 0 saturated heterocycles. The van der Waals surface area contributed by atoms with E-state index in [1.54, 1.807) is 0 Å². The van der Waals surface area contributed by atoms with E-state index >= 15 is 0 Å². The first-order valence-electron chi connectivity index (χ1n) is 9.16. The quantitative estimate of drug-likeness (QED) is 0.819. The highest BCUT2D eigenvalue weighted by molar-refractivity contribution is 5.92. The van der Waals surface area contributed by atoms with Gasteiger partial charge in [0.15, 0.2) is 5.78 Å². The molecule has 3 rings (SSSR count). The minimum atomic E-state index is -0.630. The summed E-state index contributed by atoms with van der Waals surface area (Å²) in [5.41, 5.74) is 1.41. The zero-order valence-electron chi connectivity index (χ0n) is 15.1. The normalized spacial score (nSPS) is 48.3. The third kappa shape index (κ3) is 2.42. The number of aliphatic hydroxyl groups is 2. The summed E-state index contributed by atoms with van der Waals surface area (Å²) >= 11 is 0. The fourth-order valence-electron chi connectivity index (χ4n) is 6.04. The summed E-state index contributed by atoms with van der Waals surface area (Å²) < 4.78 is 0. The van der Waals surface area contributed by atoms with E-state index in [2.05, 4.69) is 27.7 Å². The van der Waals surface area contributed by atoms with Crippen molar-refractivity contribution >= 4 is 5.78 Å². The molecule has 0 bridgehead atoms. The number of carbonyl (C=O) groups excluding carboxylic acids is 1. The number of allylic oxidation sites excluding steroid dienone is 2. The van der Waals surface area contributed by atoms with E-state index < -0.39 is 6.10 Å². The molecule has 3 aliphatic rings. The van der Waals surface area contributed by atoms with Crippen LogP contribution in [0.2, 0.25) is 0 Å². The molecule has 0 amide bonds. The van der Waals surface area contributed by atoms with Crippen molar-refractivity contribution in [3.63, 3.8) is 0 Å². The Morgan fingerprint density at radius 2 is 1.96 bits per heavy atom. The maximum Gasteiger partial charge on any atom is 0.155 e. The predicted octanol–water partition coefficient (Wildman–Crippen LogP) is 3.49. The van der Waals surface area contributed by atoms with Crippen LogP contribution in [0.25, 0.3) is 0 Å². The van der Waals surface area contributed by atoms with Crippen LogP contribution < -0.4 is 0 Å². The Balaban J connectivity index is 1.92. The highest BCUT2D eigenvalue weighted by Gasteiger charge is 2.59. The fourth-order valence-corrected chi connectivity index (χ4v) is 6.04. The maximum absolute atomic E-state index is 12.2. The van der Waals surface area contributed by atoms with Crippen LogP contribution in [0.3, 0.4) is 0 Å². The maximum atomic E-state index is 12.2. The Hall–Kier alpha value is -0.670. The van der Waals surface area contributed by atoms with Crippen LogP contribution in [0.1, 0.15) is 66.2 Å². The minimum absolute atomic E-state index is 0.151. The molecule has 2 saturated carbocycles. The summed E-state index contributed by atoms with van der Waals surface area (Å²) in [6, 6.07) is 0. The lowest BCUT2D eigenvalue weighted by Crippen LogP contribution is -2.56. The van der Waals surface area contributed by atoms with Crippen LogP contribution in [0, 0.1) is 28.1 Å². The zero-order valence-corrected chi connectivity index (χ0v) is 15.1. The molecule has 3 aliphatic carbocycles. The lowest BCUT2D eigenvalue weighted by atomic mass is 9.42. The summed E-state index contributed by atoms with van der Waals surface area (Å²) in [7, 11) is 0. The van der Waals surface area contributed by atoms with Gasteiger partial charge in [-0.05, 0) is 73.2 Å². The molecular formula is C20H32O3. The fraction of sp³-hybridized carbons (Fsp3) is 0.850. The van der Waals surface area contributed by atoms with Crippen molar-refractivity contribution in [2.24, 2.45) is 28.1 Å². The molecule has 0 heterocycles. The first-order valence-corrected chi connectivity index (χ1v) is 9.16. The molecule has 6 atom stereocenters. The van der Waals surface area contributed by atoms with Gasteiger partial charge in [0, 0.05) is 6.42 Å². The number of ketones is 1. The summed E-state index contributed by atoms with van der Waals surface area (Å²) in [5.74, 6) is 1.25. The molecule has 0 aliphatic heterocycles. The molecular weight excluding hydrogens is 288 g/mol. The summed E-state index contributed by atoms with van der Waals surface area (Å²) in [5, 5.41) is 19.7. The van der Waals surface area contributed by atoms with Gasteiger partial charge in [0.05, 0.1) is 12.7 Å². The van der Waals surface area contributed by atoms with Crippen molar-refractivity contribution in [2.75, 3.05) is 6.61 Å². The SMILES string of the molecule is CC1=CC(=O)CC2C1(C)CCC1CC(C)(C(O)CO)CCC12C.